The molecular weight excluding hydrogens is 279 g/mol. The Morgan fingerprint density at radius 3 is 2.15 bits per heavy atom. The van der Waals surface area contributed by atoms with E-state index in [1.807, 2.05) is 0 Å². The van der Waals surface area contributed by atoms with Crippen LogP contribution in [0, 0.1) is 5.82 Å². The van der Waals surface area contributed by atoms with Gasteiger partial charge in [-0.25, -0.2) is 17.9 Å². The van der Waals surface area contributed by atoms with E-state index in [1.54, 1.807) is 24.3 Å². The molecule has 0 atom stereocenters. The highest BCUT2D eigenvalue weighted by Crippen LogP contribution is 2.13. The van der Waals surface area contributed by atoms with Crippen molar-refractivity contribution in [2.75, 3.05) is 11.9 Å². The zero-order valence-corrected chi connectivity index (χ0v) is 11.5. The molecule has 0 aliphatic rings. The summed E-state index contributed by atoms with van der Waals surface area (Å²) >= 11 is 0. The molecule has 2 aromatic rings. The predicted octanol–water partition coefficient (Wildman–Crippen LogP) is 2.13. The van der Waals surface area contributed by atoms with E-state index >= 15 is 0 Å². The number of nitrogens with two attached hydrogens (primary N) is 1. The van der Waals surface area contributed by atoms with Gasteiger partial charge >= 0.3 is 0 Å². The summed E-state index contributed by atoms with van der Waals surface area (Å²) in [5, 5.41) is 8.17. The minimum atomic E-state index is -3.65. The molecule has 0 bridgehead atoms. The fraction of sp³-hybridized carbons (Fsp3) is 0.143. The third-order valence-electron chi connectivity index (χ3n) is 2.84. The summed E-state index contributed by atoms with van der Waals surface area (Å²) in [6.45, 7) is 0.667. The third-order valence-corrected chi connectivity index (χ3v) is 3.77. The van der Waals surface area contributed by atoms with Crippen LogP contribution >= 0.6 is 0 Å². The summed E-state index contributed by atoms with van der Waals surface area (Å²) in [5.74, 6) is -0.250. The van der Waals surface area contributed by atoms with Gasteiger partial charge < -0.3 is 5.32 Å². The molecule has 0 amide bonds. The van der Waals surface area contributed by atoms with Crippen molar-refractivity contribution < 1.29 is 12.8 Å². The Morgan fingerprint density at radius 2 is 1.60 bits per heavy atom. The van der Waals surface area contributed by atoms with Gasteiger partial charge in [-0.15, -0.1) is 0 Å². The summed E-state index contributed by atoms with van der Waals surface area (Å²) in [6.07, 6.45) is 0.747. The SMILES string of the molecule is NS(=O)(=O)c1ccc(NCCc2ccc(F)cc2)cc1. The van der Waals surface area contributed by atoms with Crippen LogP contribution in [0.15, 0.2) is 53.4 Å². The molecule has 0 spiro atoms. The molecule has 0 radical (unpaired) electrons. The molecule has 0 saturated heterocycles. The van der Waals surface area contributed by atoms with Crippen LogP contribution in [0.5, 0.6) is 0 Å². The summed E-state index contributed by atoms with van der Waals surface area (Å²) < 4.78 is 34.9. The molecule has 6 heteroatoms. The Labute approximate surface area is 117 Å². The van der Waals surface area contributed by atoms with Crippen LogP contribution in [0.3, 0.4) is 0 Å². The van der Waals surface area contributed by atoms with Gasteiger partial charge in [-0.1, -0.05) is 12.1 Å². The standard InChI is InChI=1S/C14H15FN2O2S/c15-12-3-1-11(2-4-12)9-10-17-13-5-7-14(8-6-13)20(16,18)19/h1-8,17H,9-10H2,(H2,16,18,19). The van der Waals surface area contributed by atoms with Crippen molar-refractivity contribution >= 4 is 15.7 Å². The number of sulfonamides is 1. The Balaban J connectivity index is 1.90. The smallest absolute Gasteiger partial charge is 0.238 e. The van der Waals surface area contributed by atoms with Crippen LogP contribution in [-0.4, -0.2) is 15.0 Å². The van der Waals surface area contributed by atoms with Gasteiger partial charge in [-0.3, -0.25) is 0 Å². The Kier molecular flexibility index (Phi) is 4.36. The Morgan fingerprint density at radius 1 is 1.00 bits per heavy atom. The molecule has 0 aliphatic carbocycles. The largest absolute Gasteiger partial charge is 0.385 e. The molecule has 0 aliphatic heterocycles. The highest BCUT2D eigenvalue weighted by atomic mass is 32.2. The lowest BCUT2D eigenvalue weighted by Gasteiger charge is -2.07. The second kappa shape index (κ2) is 6.02. The first kappa shape index (κ1) is 14.5. The monoisotopic (exact) mass is 294 g/mol. The van der Waals surface area contributed by atoms with Crippen molar-refractivity contribution in [3.8, 4) is 0 Å². The van der Waals surface area contributed by atoms with E-state index < -0.39 is 10.0 Å². The Hall–Kier alpha value is -1.92. The van der Waals surface area contributed by atoms with E-state index in [-0.39, 0.29) is 10.7 Å². The van der Waals surface area contributed by atoms with Gasteiger partial charge in [0.25, 0.3) is 0 Å². The summed E-state index contributed by atoms with van der Waals surface area (Å²) in [5.41, 5.74) is 1.83. The summed E-state index contributed by atoms with van der Waals surface area (Å²) in [6, 6.07) is 12.6. The second-order valence-electron chi connectivity index (χ2n) is 4.37. The minimum Gasteiger partial charge on any atom is -0.385 e. The number of rotatable bonds is 5. The first-order valence-corrected chi connectivity index (χ1v) is 7.61. The number of primary sulfonamides is 1. The van der Waals surface area contributed by atoms with Gasteiger partial charge in [0.15, 0.2) is 0 Å². The molecule has 0 saturated carbocycles. The lowest BCUT2D eigenvalue weighted by molar-refractivity contribution is 0.598. The number of nitrogens with one attached hydrogen (secondary N) is 1. The maximum atomic E-state index is 12.7. The average Bonchev–Trinajstić information content (AvgIpc) is 2.41. The molecule has 20 heavy (non-hydrogen) atoms. The number of hydrogen-bond donors (Lipinski definition) is 2. The number of halogens is 1. The van der Waals surface area contributed by atoms with Gasteiger partial charge in [-0.05, 0) is 48.4 Å². The summed E-state index contributed by atoms with van der Waals surface area (Å²) in [7, 11) is -3.65. The second-order valence-corrected chi connectivity index (χ2v) is 5.93. The van der Waals surface area contributed by atoms with Crippen LogP contribution in [-0.2, 0) is 16.4 Å². The molecule has 2 rings (SSSR count). The molecule has 2 aromatic carbocycles. The van der Waals surface area contributed by atoms with Crippen molar-refractivity contribution in [2.45, 2.75) is 11.3 Å². The lowest BCUT2D eigenvalue weighted by Crippen LogP contribution is -2.12. The van der Waals surface area contributed by atoms with Crippen molar-refractivity contribution in [3.63, 3.8) is 0 Å². The fourth-order valence-corrected chi connectivity index (χ4v) is 2.28. The molecule has 4 nitrogen and oxygen atoms in total. The topological polar surface area (TPSA) is 72.2 Å². The highest BCUT2D eigenvalue weighted by Gasteiger charge is 2.06. The lowest BCUT2D eigenvalue weighted by atomic mass is 10.1. The maximum absolute atomic E-state index is 12.7. The zero-order chi connectivity index (χ0) is 14.6. The van der Waals surface area contributed by atoms with Gasteiger partial charge in [-0.2, -0.15) is 0 Å². The minimum absolute atomic E-state index is 0.0848. The first-order valence-electron chi connectivity index (χ1n) is 6.06. The molecule has 0 heterocycles. The van der Waals surface area contributed by atoms with Crippen molar-refractivity contribution in [1.82, 2.24) is 0 Å². The number of benzene rings is 2. The van der Waals surface area contributed by atoms with E-state index in [1.165, 1.54) is 24.3 Å². The molecular formula is C14H15FN2O2S. The van der Waals surface area contributed by atoms with Crippen molar-refractivity contribution in [1.29, 1.82) is 0 Å². The zero-order valence-electron chi connectivity index (χ0n) is 10.7. The fourth-order valence-electron chi connectivity index (χ4n) is 1.76. The number of anilines is 1. The van der Waals surface area contributed by atoms with Gasteiger partial charge in [0, 0.05) is 12.2 Å². The normalized spacial score (nSPS) is 11.3. The van der Waals surface area contributed by atoms with Crippen LogP contribution in [0.2, 0.25) is 0 Å². The van der Waals surface area contributed by atoms with Crippen LogP contribution < -0.4 is 10.5 Å². The molecule has 0 fully saturated rings. The van der Waals surface area contributed by atoms with E-state index in [0.29, 0.717) is 6.54 Å². The first-order chi connectivity index (χ1) is 9.45. The van der Waals surface area contributed by atoms with E-state index in [0.717, 1.165) is 17.7 Å². The molecule has 0 aromatic heterocycles. The van der Waals surface area contributed by atoms with Crippen LogP contribution in [0.25, 0.3) is 0 Å². The number of hydrogen-bond acceptors (Lipinski definition) is 3. The predicted molar refractivity (Wildman–Crippen MR) is 76.4 cm³/mol. The van der Waals surface area contributed by atoms with Crippen molar-refractivity contribution in [3.05, 3.63) is 59.9 Å². The van der Waals surface area contributed by atoms with Crippen LogP contribution in [0.4, 0.5) is 10.1 Å². The Bertz CT molecular complexity index is 667. The van der Waals surface area contributed by atoms with Crippen LogP contribution in [0.1, 0.15) is 5.56 Å². The third kappa shape index (κ3) is 4.04. The van der Waals surface area contributed by atoms with E-state index in [9.17, 15) is 12.8 Å². The molecule has 0 unspecified atom stereocenters. The molecule has 3 N–H and O–H groups in total. The summed E-state index contributed by atoms with van der Waals surface area (Å²) in [4.78, 5) is 0.0848. The van der Waals surface area contributed by atoms with Gasteiger partial charge in [0.05, 0.1) is 4.90 Å². The van der Waals surface area contributed by atoms with E-state index in [4.69, 9.17) is 5.14 Å². The van der Waals surface area contributed by atoms with Crippen molar-refractivity contribution in [2.24, 2.45) is 5.14 Å². The average molecular weight is 294 g/mol. The van der Waals surface area contributed by atoms with E-state index in [2.05, 4.69) is 5.32 Å². The maximum Gasteiger partial charge on any atom is 0.238 e. The van der Waals surface area contributed by atoms with Gasteiger partial charge in [0.2, 0.25) is 10.0 Å². The van der Waals surface area contributed by atoms with Gasteiger partial charge in [0.1, 0.15) is 5.82 Å². The molecule has 106 valence electrons. The highest BCUT2D eigenvalue weighted by molar-refractivity contribution is 7.89. The quantitative estimate of drug-likeness (QED) is 0.887.